The summed E-state index contributed by atoms with van der Waals surface area (Å²) in [5, 5.41) is 3.40. The number of amides is 2. The number of likely N-dealkylation sites (N-methyl/N-ethyl adjacent to an activating group) is 1. The molecule has 0 aliphatic carbocycles. The van der Waals surface area contributed by atoms with Crippen LogP contribution in [0.5, 0.6) is 5.75 Å². The molecule has 1 atom stereocenters. The molecule has 0 aliphatic rings. The zero-order chi connectivity index (χ0) is 20.8. The largest absolute Gasteiger partial charge is 0.484 e. The number of hydrogen-bond donors (Lipinski definition) is 1. The molecule has 0 heterocycles. The lowest BCUT2D eigenvalue weighted by Gasteiger charge is -2.28. The Labute approximate surface area is 175 Å². The first kappa shape index (κ1) is 22.1. The van der Waals surface area contributed by atoms with Crippen LogP contribution in [0.2, 0.25) is 10.0 Å². The second-order valence-electron chi connectivity index (χ2n) is 6.60. The highest BCUT2D eigenvalue weighted by atomic mass is 35.5. The van der Waals surface area contributed by atoms with Gasteiger partial charge in [0, 0.05) is 13.6 Å². The maximum Gasteiger partial charge on any atom is 0.261 e. The number of ether oxygens (including phenoxy) is 1. The summed E-state index contributed by atoms with van der Waals surface area (Å²) in [5.74, 6) is 0.0403. The number of nitrogens with zero attached hydrogens (tertiary/aromatic N) is 1. The van der Waals surface area contributed by atoms with E-state index in [0.29, 0.717) is 15.8 Å². The van der Waals surface area contributed by atoms with Crippen molar-refractivity contribution in [2.24, 2.45) is 0 Å². The molecule has 0 aliphatic heterocycles. The number of nitrogens with one attached hydrogen (secondary N) is 1. The number of carbonyl (C=O) groups is 2. The summed E-state index contributed by atoms with van der Waals surface area (Å²) >= 11 is 12.0. The van der Waals surface area contributed by atoms with Crippen LogP contribution in [0, 0.1) is 13.8 Å². The molecular formula is C21H24Cl2N2O3. The van der Waals surface area contributed by atoms with Gasteiger partial charge in [-0.1, -0.05) is 35.3 Å². The second-order valence-corrected chi connectivity index (χ2v) is 7.41. The maximum absolute atomic E-state index is 12.8. The quantitative estimate of drug-likeness (QED) is 0.728. The van der Waals surface area contributed by atoms with Gasteiger partial charge in [0.2, 0.25) is 5.91 Å². The number of benzene rings is 2. The number of carbonyl (C=O) groups excluding carboxylic acids is 2. The third-order valence-electron chi connectivity index (χ3n) is 4.59. The lowest BCUT2D eigenvalue weighted by Crippen LogP contribution is -2.48. The molecule has 2 amide bonds. The van der Waals surface area contributed by atoms with E-state index in [1.807, 2.05) is 32.0 Å². The van der Waals surface area contributed by atoms with Crippen LogP contribution in [0.15, 0.2) is 36.4 Å². The Morgan fingerprint density at radius 2 is 1.79 bits per heavy atom. The van der Waals surface area contributed by atoms with Crippen molar-refractivity contribution in [1.82, 2.24) is 10.2 Å². The second kappa shape index (κ2) is 9.80. The van der Waals surface area contributed by atoms with E-state index in [1.54, 1.807) is 25.1 Å². The highest BCUT2D eigenvalue weighted by molar-refractivity contribution is 6.42. The van der Waals surface area contributed by atoms with Crippen LogP contribution in [0.3, 0.4) is 0 Å². The Morgan fingerprint density at radius 3 is 2.39 bits per heavy atom. The van der Waals surface area contributed by atoms with E-state index >= 15 is 0 Å². The topological polar surface area (TPSA) is 58.6 Å². The Kier molecular flexibility index (Phi) is 7.72. The fraction of sp³-hybridized carbons (Fsp3) is 0.333. The van der Waals surface area contributed by atoms with Gasteiger partial charge in [-0.2, -0.15) is 0 Å². The molecule has 0 saturated carbocycles. The fourth-order valence-corrected chi connectivity index (χ4v) is 2.98. The third kappa shape index (κ3) is 5.63. The average Bonchev–Trinajstić information content (AvgIpc) is 2.68. The first-order chi connectivity index (χ1) is 13.2. The van der Waals surface area contributed by atoms with E-state index in [9.17, 15) is 9.59 Å². The van der Waals surface area contributed by atoms with Crippen LogP contribution in [-0.4, -0.2) is 36.4 Å². The van der Waals surface area contributed by atoms with Gasteiger partial charge in [-0.25, -0.2) is 0 Å². The van der Waals surface area contributed by atoms with Crippen LogP contribution in [0.4, 0.5) is 0 Å². The van der Waals surface area contributed by atoms with Gasteiger partial charge in [0.15, 0.2) is 6.61 Å². The molecular weight excluding hydrogens is 399 g/mol. The van der Waals surface area contributed by atoms with Gasteiger partial charge in [-0.3, -0.25) is 9.59 Å². The Hall–Kier alpha value is -2.24. The summed E-state index contributed by atoms with van der Waals surface area (Å²) < 4.78 is 5.66. The van der Waals surface area contributed by atoms with Gasteiger partial charge < -0.3 is 15.0 Å². The monoisotopic (exact) mass is 422 g/mol. The summed E-state index contributed by atoms with van der Waals surface area (Å²) in [6.07, 6.45) is 0. The van der Waals surface area contributed by atoms with E-state index in [1.165, 1.54) is 11.9 Å². The van der Waals surface area contributed by atoms with Crippen LogP contribution in [0.25, 0.3) is 0 Å². The van der Waals surface area contributed by atoms with Crippen molar-refractivity contribution in [1.29, 1.82) is 0 Å². The van der Waals surface area contributed by atoms with Crippen molar-refractivity contribution in [3.8, 4) is 5.75 Å². The molecule has 0 bridgehead atoms. The molecule has 1 N–H and O–H groups in total. The standard InChI is InChI=1S/C21H24Cl2N2O3/c1-13-5-7-17(9-14(13)2)28-12-20(26)25(15(3)21(27)24-4)11-16-6-8-18(22)19(23)10-16/h5-10,15H,11-12H2,1-4H3,(H,24,27)/t15-/m0/s1. The summed E-state index contributed by atoms with van der Waals surface area (Å²) in [4.78, 5) is 26.4. The first-order valence-electron chi connectivity index (χ1n) is 8.88. The van der Waals surface area contributed by atoms with Crippen molar-refractivity contribution >= 4 is 35.0 Å². The predicted molar refractivity (Wildman–Crippen MR) is 112 cm³/mol. The lowest BCUT2D eigenvalue weighted by atomic mass is 10.1. The summed E-state index contributed by atoms with van der Waals surface area (Å²) in [6.45, 7) is 5.69. The molecule has 0 radical (unpaired) electrons. The van der Waals surface area contributed by atoms with Crippen molar-refractivity contribution in [3.05, 3.63) is 63.1 Å². The van der Waals surface area contributed by atoms with Gasteiger partial charge >= 0.3 is 0 Å². The first-order valence-corrected chi connectivity index (χ1v) is 9.63. The molecule has 150 valence electrons. The minimum atomic E-state index is -0.671. The van der Waals surface area contributed by atoms with Crippen molar-refractivity contribution in [3.63, 3.8) is 0 Å². The van der Waals surface area contributed by atoms with E-state index in [-0.39, 0.29) is 25.0 Å². The summed E-state index contributed by atoms with van der Waals surface area (Å²) in [6, 6.07) is 10.1. The van der Waals surface area contributed by atoms with Gasteiger partial charge in [-0.15, -0.1) is 0 Å². The molecule has 0 aromatic heterocycles. The number of halogens is 2. The molecule has 0 saturated heterocycles. The van der Waals surface area contributed by atoms with Crippen LogP contribution in [0.1, 0.15) is 23.6 Å². The van der Waals surface area contributed by atoms with Crippen molar-refractivity contribution in [2.75, 3.05) is 13.7 Å². The smallest absolute Gasteiger partial charge is 0.261 e. The summed E-state index contributed by atoms with van der Waals surface area (Å²) in [5.41, 5.74) is 2.99. The van der Waals surface area contributed by atoms with E-state index in [4.69, 9.17) is 27.9 Å². The number of rotatable bonds is 7. The van der Waals surface area contributed by atoms with E-state index in [0.717, 1.165) is 16.7 Å². The van der Waals surface area contributed by atoms with Gasteiger partial charge in [0.1, 0.15) is 11.8 Å². The number of hydrogen-bond acceptors (Lipinski definition) is 3. The Balaban J connectivity index is 2.16. The molecule has 7 heteroatoms. The lowest BCUT2D eigenvalue weighted by molar-refractivity contribution is -0.142. The minimum absolute atomic E-state index is 0.175. The van der Waals surface area contributed by atoms with Gasteiger partial charge in [0.05, 0.1) is 10.0 Å². The molecule has 2 rings (SSSR count). The van der Waals surface area contributed by atoms with Crippen LogP contribution >= 0.6 is 23.2 Å². The normalized spacial score (nSPS) is 11.6. The zero-order valence-corrected chi connectivity index (χ0v) is 17.9. The van der Waals surface area contributed by atoms with Gasteiger partial charge in [0.25, 0.3) is 5.91 Å². The van der Waals surface area contributed by atoms with Crippen molar-refractivity contribution < 1.29 is 14.3 Å². The highest BCUT2D eigenvalue weighted by Crippen LogP contribution is 2.24. The average molecular weight is 423 g/mol. The van der Waals surface area contributed by atoms with Crippen molar-refractivity contribution in [2.45, 2.75) is 33.4 Å². The van der Waals surface area contributed by atoms with Crippen LogP contribution in [-0.2, 0) is 16.1 Å². The summed E-state index contributed by atoms with van der Waals surface area (Å²) in [7, 11) is 1.53. The third-order valence-corrected chi connectivity index (χ3v) is 5.33. The molecule has 5 nitrogen and oxygen atoms in total. The maximum atomic E-state index is 12.8. The molecule has 28 heavy (non-hydrogen) atoms. The Bertz CT molecular complexity index is 871. The molecule has 0 unspecified atom stereocenters. The molecule has 0 fully saturated rings. The zero-order valence-electron chi connectivity index (χ0n) is 16.4. The molecule has 2 aromatic carbocycles. The SMILES string of the molecule is CNC(=O)[C@H](C)N(Cc1ccc(Cl)c(Cl)c1)C(=O)COc1ccc(C)c(C)c1. The Morgan fingerprint density at radius 1 is 1.07 bits per heavy atom. The highest BCUT2D eigenvalue weighted by Gasteiger charge is 2.26. The van der Waals surface area contributed by atoms with E-state index < -0.39 is 6.04 Å². The van der Waals surface area contributed by atoms with Crippen LogP contribution < -0.4 is 10.1 Å². The molecule has 0 spiro atoms. The van der Waals surface area contributed by atoms with E-state index in [2.05, 4.69) is 5.32 Å². The van der Waals surface area contributed by atoms with Gasteiger partial charge in [-0.05, 0) is 61.7 Å². The predicted octanol–water partition coefficient (Wildman–Crippen LogP) is 4.15. The fourth-order valence-electron chi connectivity index (χ4n) is 2.66. The number of aryl methyl sites for hydroxylation is 2. The minimum Gasteiger partial charge on any atom is -0.484 e. The molecule has 2 aromatic rings.